The first-order chi connectivity index (χ1) is 10.6. The van der Waals surface area contributed by atoms with Crippen LogP contribution in [0.2, 0.25) is 5.02 Å². The van der Waals surface area contributed by atoms with Gasteiger partial charge in [0.1, 0.15) is 17.2 Å². The van der Waals surface area contributed by atoms with Gasteiger partial charge >= 0.3 is 0 Å². The van der Waals surface area contributed by atoms with E-state index in [2.05, 4.69) is 20.2 Å². The standard InChI is InChI=1S/C15H9ClFN5/c1-8-14-21-20-12-3-2-9(17)6-13(12)22(14)15(19-8)10-7-18-5-4-11(10)16/h2-7H,1H3. The Morgan fingerprint density at radius 3 is 2.86 bits per heavy atom. The predicted molar refractivity (Wildman–Crippen MR) is 81.2 cm³/mol. The lowest BCUT2D eigenvalue weighted by Crippen LogP contribution is -1.98. The summed E-state index contributed by atoms with van der Waals surface area (Å²) in [7, 11) is 0. The number of hydrogen-bond acceptors (Lipinski definition) is 4. The number of hydrogen-bond donors (Lipinski definition) is 0. The lowest BCUT2D eigenvalue weighted by Gasteiger charge is -2.06. The maximum absolute atomic E-state index is 13.7. The Balaban J connectivity index is 2.20. The first kappa shape index (κ1) is 13.1. The Labute approximate surface area is 129 Å². The quantitative estimate of drug-likeness (QED) is 0.540. The van der Waals surface area contributed by atoms with E-state index < -0.39 is 0 Å². The highest BCUT2D eigenvalue weighted by molar-refractivity contribution is 6.33. The van der Waals surface area contributed by atoms with E-state index in [9.17, 15) is 4.39 Å². The molecular weight excluding hydrogens is 305 g/mol. The summed E-state index contributed by atoms with van der Waals surface area (Å²) in [6.45, 7) is 1.82. The molecule has 0 atom stereocenters. The molecule has 0 aliphatic heterocycles. The summed E-state index contributed by atoms with van der Waals surface area (Å²) in [5.74, 6) is 0.215. The topological polar surface area (TPSA) is 56.0 Å². The molecular formula is C15H9ClFN5. The Hall–Kier alpha value is -2.60. The average Bonchev–Trinajstić information content (AvgIpc) is 2.85. The van der Waals surface area contributed by atoms with Crippen molar-refractivity contribution in [1.29, 1.82) is 0 Å². The van der Waals surface area contributed by atoms with E-state index in [1.165, 1.54) is 12.1 Å². The van der Waals surface area contributed by atoms with Crippen molar-refractivity contribution in [3.05, 3.63) is 53.2 Å². The van der Waals surface area contributed by atoms with Gasteiger partial charge in [0.2, 0.25) is 0 Å². The number of imidazole rings is 1. The number of pyridine rings is 1. The van der Waals surface area contributed by atoms with Gasteiger partial charge in [0.25, 0.3) is 0 Å². The van der Waals surface area contributed by atoms with Gasteiger partial charge in [-0.15, -0.1) is 10.2 Å². The number of rotatable bonds is 1. The van der Waals surface area contributed by atoms with E-state index in [4.69, 9.17) is 11.6 Å². The largest absolute Gasteiger partial charge is 0.273 e. The summed E-state index contributed by atoms with van der Waals surface area (Å²) < 4.78 is 15.4. The number of benzene rings is 1. The summed E-state index contributed by atoms with van der Waals surface area (Å²) in [5.41, 5.74) is 3.07. The van der Waals surface area contributed by atoms with Gasteiger partial charge in [-0.05, 0) is 25.1 Å². The minimum Gasteiger partial charge on any atom is -0.273 e. The van der Waals surface area contributed by atoms with Gasteiger partial charge in [-0.2, -0.15) is 0 Å². The molecule has 0 N–H and O–H groups in total. The summed E-state index contributed by atoms with van der Waals surface area (Å²) in [6.07, 6.45) is 3.23. The molecule has 0 amide bonds. The van der Waals surface area contributed by atoms with Crippen molar-refractivity contribution in [1.82, 2.24) is 24.6 Å². The van der Waals surface area contributed by atoms with E-state index >= 15 is 0 Å². The third-order valence-corrected chi connectivity index (χ3v) is 3.79. The van der Waals surface area contributed by atoms with Crippen LogP contribution >= 0.6 is 11.6 Å². The highest BCUT2D eigenvalue weighted by Crippen LogP contribution is 2.29. The van der Waals surface area contributed by atoms with Gasteiger partial charge in [0.05, 0.1) is 21.8 Å². The maximum Gasteiger partial charge on any atom is 0.183 e. The molecule has 1 aromatic carbocycles. The lowest BCUT2D eigenvalue weighted by molar-refractivity contribution is 0.629. The molecule has 3 aromatic heterocycles. The molecule has 108 valence electrons. The van der Waals surface area contributed by atoms with Crippen LogP contribution in [0.5, 0.6) is 0 Å². The van der Waals surface area contributed by atoms with Crippen LogP contribution in [0, 0.1) is 12.7 Å². The van der Waals surface area contributed by atoms with Gasteiger partial charge < -0.3 is 0 Å². The van der Waals surface area contributed by atoms with E-state index in [1.54, 1.807) is 28.9 Å². The zero-order valence-electron chi connectivity index (χ0n) is 11.5. The molecule has 0 aliphatic rings. The zero-order valence-corrected chi connectivity index (χ0v) is 12.2. The fourth-order valence-corrected chi connectivity index (χ4v) is 2.64. The Morgan fingerprint density at radius 2 is 2.05 bits per heavy atom. The fourth-order valence-electron chi connectivity index (χ4n) is 2.45. The number of aryl methyl sites for hydroxylation is 1. The molecule has 5 nitrogen and oxygen atoms in total. The maximum atomic E-state index is 13.7. The van der Waals surface area contributed by atoms with Crippen molar-refractivity contribution in [2.45, 2.75) is 6.92 Å². The summed E-state index contributed by atoms with van der Waals surface area (Å²) in [6, 6.07) is 6.03. The van der Waals surface area contributed by atoms with Crippen LogP contribution in [0.15, 0.2) is 36.7 Å². The Kier molecular flexibility index (Phi) is 2.80. The number of nitrogens with zero attached hydrogens (tertiary/aromatic N) is 5. The molecule has 0 saturated heterocycles. The van der Waals surface area contributed by atoms with Gasteiger partial charge in [-0.25, -0.2) is 9.37 Å². The van der Waals surface area contributed by atoms with Crippen LogP contribution in [-0.4, -0.2) is 24.6 Å². The first-order valence-corrected chi connectivity index (χ1v) is 6.94. The van der Waals surface area contributed by atoms with Gasteiger partial charge in [0.15, 0.2) is 5.65 Å². The van der Waals surface area contributed by atoms with Crippen molar-refractivity contribution in [2.75, 3.05) is 0 Å². The van der Waals surface area contributed by atoms with Crippen LogP contribution < -0.4 is 0 Å². The fraction of sp³-hybridized carbons (Fsp3) is 0.0667. The van der Waals surface area contributed by atoms with E-state index in [1.807, 2.05) is 6.92 Å². The summed E-state index contributed by atoms with van der Waals surface area (Å²) >= 11 is 6.25. The summed E-state index contributed by atoms with van der Waals surface area (Å²) in [4.78, 5) is 8.60. The van der Waals surface area contributed by atoms with Crippen LogP contribution in [0.3, 0.4) is 0 Å². The third-order valence-electron chi connectivity index (χ3n) is 3.46. The van der Waals surface area contributed by atoms with Crippen molar-refractivity contribution in [3.63, 3.8) is 0 Å². The number of fused-ring (bicyclic) bond motifs is 3. The van der Waals surface area contributed by atoms with Crippen molar-refractivity contribution < 1.29 is 4.39 Å². The second-order valence-electron chi connectivity index (χ2n) is 4.87. The van der Waals surface area contributed by atoms with E-state index in [0.29, 0.717) is 38.8 Å². The molecule has 0 bridgehead atoms. The second-order valence-corrected chi connectivity index (χ2v) is 5.28. The minimum absolute atomic E-state index is 0.351. The third kappa shape index (κ3) is 1.84. The van der Waals surface area contributed by atoms with E-state index in [-0.39, 0.29) is 5.82 Å². The molecule has 0 saturated carbocycles. The van der Waals surface area contributed by atoms with Crippen LogP contribution in [0.4, 0.5) is 4.39 Å². The predicted octanol–water partition coefficient (Wildman–Crippen LogP) is 3.44. The smallest absolute Gasteiger partial charge is 0.183 e. The first-order valence-electron chi connectivity index (χ1n) is 6.56. The van der Waals surface area contributed by atoms with Crippen LogP contribution in [0.1, 0.15) is 5.69 Å². The monoisotopic (exact) mass is 313 g/mol. The molecule has 0 radical (unpaired) electrons. The molecule has 3 heterocycles. The molecule has 0 unspecified atom stereocenters. The highest BCUT2D eigenvalue weighted by Gasteiger charge is 2.17. The van der Waals surface area contributed by atoms with Crippen LogP contribution in [0.25, 0.3) is 28.1 Å². The second kappa shape index (κ2) is 4.71. The minimum atomic E-state index is -0.351. The molecule has 0 spiro atoms. The molecule has 0 fully saturated rings. The average molecular weight is 314 g/mol. The molecule has 4 aromatic rings. The van der Waals surface area contributed by atoms with Crippen molar-refractivity contribution in [3.8, 4) is 11.4 Å². The van der Waals surface area contributed by atoms with Gasteiger partial charge in [0, 0.05) is 18.5 Å². The number of halogens is 2. The molecule has 22 heavy (non-hydrogen) atoms. The lowest BCUT2D eigenvalue weighted by atomic mass is 10.2. The summed E-state index contributed by atoms with van der Waals surface area (Å²) in [5, 5.41) is 8.81. The Bertz CT molecular complexity index is 1030. The highest BCUT2D eigenvalue weighted by atomic mass is 35.5. The van der Waals surface area contributed by atoms with Gasteiger partial charge in [-0.3, -0.25) is 9.38 Å². The van der Waals surface area contributed by atoms with E-state index in [0.717, 1.165) is 0 Å². The molecule has 4 rings (SSSR count). The molecule has 0 aliphatic carbocycles. The van der Waals surface area contributed by atoms with Crippen molar-refractivity contribution >= 4 is 28.3 Å². The van der Waals surface area contributed by atoms with Crippen molar-refractivity contribution in [2.24, 2.45) is 0 Å². The SMILES string of the molecule is Cc1nc(-c2cnccc2Cl)n2c1nnc1ccc(F)cc12. The number of aromatic nitrogens is 5. The Morgan fingerprint density at radius 1 is 1.18 bits per heavy atom. The van der Waals surface area contributed by atoms with Crippen LogP contribution in [-0.2, 0) is 0 Å². The zero-order chi connectivity index (χ0) is 15.3. The molecule has 7 heteroatoms. The normalized spacial score (nSPS) is 11.4. The van der Waals surface area contributed by atoms with Gasteiger partial charge in [-0.1, -0.05) is 11.6 Å².